The molecule has 2 nitrogen and oxygen atoms in total. The van der Waals surface area contributed by atoms with Crippen LogP contribution < -0.4 is 0 Å². The molecule has 0 unspecified atom stereocenters. The standard InChI is InChI=1S/C12H20O2/c1-2-9-12(14)10-7-5-3-4-6-8-11-13/h6,8,11H,2-5,7,9-10H2,1H3. The first-order chi connectivity index (χ1) is 6.81. The molecule has 0 amide bonds. The predicted octanol–water partition coefficient (Wildman–Crippen LogP) is 3.06. The average Bonchev–Trinajstić information content (AvgIpc) is 2.17. The summed E-state index contributed by atoms with van der Waals surface area (Å²) in [6.07, 6.45) is 10.7. The Balaban J connectivity index is 3.16. The number of hydrogen-bond donors (Lipinski definition) is 0. The quantitative estimate of drug-likeness (QED) is 0.322. The first kappa shape index (κ1) is 13.1. The van der Waals surface area contributed by atoms with Gasteiger partial charge in [0, 0.05) is 12.8 Å². The molecular weight excluding hydrogens is 176 g/mol. The summed E-state index contributed by atoms with van der Waals surface area (Å²) in [5.41, 5.74) is 0. The number of hydrogen-bond acceptors (Lipinski definition) is 2. The molecule has 0 spiro atoms. The van der Waals surface area contributed by atoms with Gasteiger partial charge >= 0.3 is 0 Å². The van der Waals surface area contributed by atoms with E-state index in [1.54, 1.807) is 0 Å². The van der Waals surface area contributed by atoms with Crippen LogP contribution in [0.5, 0.6) is 0 Å². The molecule has 0 bridgehead atoms. The Hall–Kier alpha value is -0.920. The summed E-state index contributed by atoms with van der Waals surface area (Å²) in [6.45, 7) is 2.03. The van der Waals surface area contributed by atoms with E-state index in [4.69, 9.17) is 0 Å². The Bertz CT molecular complexity index is 183. The van der Waals surface area contributed by atoms with Gasteiger partial charge in [-0.3, -0.25) is 9.59 Å². The van der Waals surface area contributed by atoms with Crippen LogP contribution in [0.2, 0.25) is 0 Å². The molecule has 0 heterocycles. The Labute approximate surface area is 86.4 Å². The fraction of sp³-hybridized carbons (Fsp3) is 0.667. The normalized spacial score (nSPS) is 10.6. The molecule has 0 aromatic carbocycles. The Morgan fingerprint density at radius 3 is 2.57 bits per heavy atom. The molecule has 0 saturated heterocycles. The van der Waals surface area contributed by atoms with Crippen LogP contribution in [0.25, 0.3) is 0 Å². The third-order valence-electron chi connectivity index (χ3n) is 2.07. The van der Waals surface area contributed by atoms with Crippen molar-refractivity contribution in [2.75, 3.05) is 0 Å². The number of allylic oxidation sites excluding steroid dienone is 2. The molecule has 80 valence electrons. The fourth-order valence-electron chi connectivity index (χ4n) is 1.32. The van der Waals surface area contributed by atoms with E-state index >= 15 is 0 Å². The third-order valence-corrected chi connectivity index (χ3v) is 2.07. The predicted molar refractivity (Wildman–Crippen MR) is 58.2 cm³/mol. The monoisotopic (exact) mass is 196 g/mol. The lowest BCUT2D eigenvalue weighted by Crippen LogP contribution is -1.95. The molecular formula is C12H20O2. The van der Waals surface area contributed by atoms with Crippen molar-refractivity contribution in [3.05, 3.63) is 12.2 Å². The van der Waals surface area contributed by atoms with Crippen molar-refractivity contribution < 1.29 is 9.59 Å². The van der Waals surface area contributed by atoms with Crippen LogP contribution in [-0.4, -0.2) is 12.1 Å². The topological polar surface area (TPSA) is 34.1 Å². The van der Waals surface area contributed by atoms with Crippen LogP contribution >= 0.6 is 0 Å². The van der Waals surface area contributed by atoms with Gasteiger partial charge in [-0.2, -0.15) is 0 Å². The lowest BCUT2D eigenvalue weighted by molar-refractivity contribution is -0.119. The van der Waals surface area contributed by atoms with Crippen molar-refractivity contribution in [2.45, 2.75) is 51.9 Å². The number of carbonyl (C=O) groups excluding carboxylic acids is 2. The molecule has 0 aliphatic heterocycles. The first-order valence-corrected chi connectivity index (χ1v) is 5.43. The minimum atomic E-state index is 0.385. The van der Waals surface area contributed by atoms with Crippen molar-refractivity contribution in [2.24, 2.45) is 0 Å². The van der Waals surface area contributed by atoms with Gasteiger partial charge in [0.1, 0.15) is 12.1 Å². The number of aldehydes is 1. The number of ketones is 1. The number of unbranched alkanes of at least 4 members (excludes halogenated alkanes) is 3. The SMILES string of the molecule is CCCC(=O)CCCCCC=CC=O. The highest BCUT2D eigenvalue weighted by Crippen LogP contribution is 2.06. The van der Waals surface area contributed by atoms with E-state index < -0.39 is 0 Å². The highest BCUT2D eigenvalue weighted by Gasteiger charge is 1.98. The van der Waals surface area contributed by atoms with Gasteiger partial charge in [0.05, 0.1) is 0 Å². The van der Waals surface area contributed by atoms with Crippen LogP contribution in [0, 0.1) is 0 Å². The molecule has 0 N–H and O–H groups in total. The number of rotatable bonds is 9. The van der Waals surface area contributed by atoms with E-state index in [1.807, 2.05) is 13.0 Å². The third kappa shape index (κ3) is 9.17. The van der Waals surface area contributed by atoms with Gasteiger partial charge in [-0.05, 0) is 31.8 Å². The summed E-state index contributed by atoms with van der Waals surface area (Å²) in [7, 11) is 0. The minimum absolute atomic E-state index is 0.385. The van der Waals surface area contributed by atoms with Crippen LogP contribution in [-0.2, 0) is 9.59 Å². The maximum absolute atomic E-state index is 11.1. The Morgan fingerprint density at radius 1 is 1.14 bits per heavy atom. The Kier molecular flexibility index (Phi) is 9.49. The second-order valence-electron chi connectivity index (χ2n) is 3.45. The van der Waals surface area contributed by atoms with Gasteiger partial charge in [-0.1, -0.05) is 19.4 Å². The molecule has 0 aliphatic carbocycles. The van der Waals surface area contributed by atoms with Crippen molar-refractivity contribution >= 4 is 12.1 Å². The molecule has 0 fully saturated rings. The van der Waals surface area contributed by atoms with Gasteiger partial charge in [-0.15, -0.1) is 0 Å². The molecule has 0 saturated carbocycles. The molecule has 0 aromatic rings. The van der Waals surface area contributed by atoms with E-state index in [-0.39, 0.29) is 0 Å². The summed E-state index contributed by atoms with van der Waals surface area (Å²) in [5.74, 6) is 0.385. The highest BCUT2D eigenvalue weighted by atomic mass is 16.1. The minimum Gasteiger partial charge on any atom is -0.300 e. The van der Waals surface area contributed by atoms with E-state index in [1.165, 1.54) is 6.08 Å². The van der Waals surface area contributed by atoms with Crippen molar-refractivity contribution in [3.8, 4) is 0 Å². The van der Waals surface area contributed by atoms with Crippen LogP contribution in [0.4, 0.5) is 0 Å². The second kappa shape index (κ2) is 10.2. The van der Waals surface area contributed by atoms with Crippen molar-refractivity contribution in [1.82, 2.24) is 0 Å². The van der Waals surface area contributed by atoms with Gasteiger partial charge in [-0.25, -0.2) is 0 Å². The van der Waals surface area contributed by atoms with Gasteiger partial charge in [0.25, 0.3) is 0 Å². The van der Waals surface area contributed by atoms with Crippen LogP contribution in [0.1, 0.15) is 51.9 Å². The summed E-state index contributed by atoms with van der Waals surface area (Å²) >= 11 is 0. The summed E-state index contributed by atoms with van der Waals surface area (Å²) < 4.78 is 0. The van der Waals surface area contributed by atoms with Gasteiger partial charge < -0.3 is 0 Å². The van der Waals surface area contributed by atoms with Crippen LogP contribution in [0.3, 0.4) is 0 Å². The van der Waals surface area contributed by atoms with E-state index in [2.05, 4.69) is 0 Å². The molecule has 0 atom stereocenters. The summed E-state index contributed by atoms with van der Waals surface area (Å²) in [5, 5.41) is 0. The van der Waals surface area contributed by atoms with E-state index in [9.17, 15) is 9.59 Å². The average molecular weight is 196 g/mol. The van der Waals surface area contributed by atoms with Crippen molar-refractivity contribution in [1.29, 1.82) is 0 Å². The van der Waals surface area contributed by atoms with Crippen molar-refractivity contribution in [3.63, 3.8) is 0 Å². The smallest absolute Gasteiger partial charge is 0.142 e. The maximum atomic E-state index is 11.1. The number of Topliss-reactive ketones (excluding diaryl/α,β-unsaturated/α-hetero) is 1. The molecule has 0 aliphatic rings. The number of carbonyl (C=O) groups is 2. The molecule has 0 rings (SSSR count). The zero-order chi connectivity index (χ0) is 10.6. The largest absolute Gasteiger partial charge is 0.300 e. The first-order valence-electron chi connectivity index (χ1n) is 5.43. The Morgan fingerprint density at radius 2 is 1.93 bits per heavy atom. The van der Waals surface area contributed by atoms with Gasteiger partial charge in [0.15, 0.2) is 0 Å². The zero-order valence-electron chi connectivity index (χ0n) is 9.00. The zero-order valence-corrected chi connectivity index (χ0v) is 9.00. The maximum Gasteiger partial charge on any atom is 0.142 e. The lowest BCUT2D eigenvalue weighted by Gasteiger charge is -1.98. The van der Waals surface area contributed by atoms with Crippen LogP contribution in [0.15, 0.2) is 12.2 Å². The molecule has 2 heteroatoms. The summed E-state index contributed by atoms with van der Waals surface area (Å²) in [4.78, 5) is 21.0. The fourth-order valence-corrected chi connectivity index (χ4v) is 1.32. The molecule has 0 aromatic heterocycles. The highest BCUT2D eigenvalue weighted by molar-refractivity contribution is 5.78. The lowest BCUT2D eigenvalue weighted by atomic mass is 10.1. The molecule has 14 heavy (non-hydrogen) atoms. The molecule has 0 radical (unpaired) electrons. The second-order valence-corrected chi connectivity index (χ2v) is 3.45. The summed E-state index contributed by atoms with van der Waals surface area (Å²) in [6, 6.07) is 0. The van der Waals surface area contributed by atoms with Gasteiger partial charge in [0.2, 0.25) is 0 Å². The van der Waals surface area contributed by atoms with E-state index in [0.717, 1.165) is 51.2 Å². The van der Waals surface area contributed by atoms with E-state index in [0.29, 0.717) is 5.78 Å².